The zero-order chi connectivity index (χ0) is 21.1. The van der Waals surface area contributed by atoms with Crippen LogP contribution in [-0.4, -0.2) is 0 Å². The first-order valence-corrected chi connectivity index (χ1v) is 11.4. The van der Waals surface area contributed by atoms with Crippen LogP contribution in [0.2, 0.25) is 0 Å². The second kappa shape index (κ2) is 8.53. The monoisotopic (exact) mass is 408 g/mol. The van der Waals surface area contributed by atoms with E-state index >= 15 is 0 Å². The predicted molar refractivity (Wildman–Crippen MR) is 133 cm³/mol. The van der Waals surface area contributed by atoms with Crippen LogP contribution in [0.4, 0.5) is 0 Å². The Hall–Kier alpha value is -2.77. The van der Waals surface area contributed by atoms with Crippen LogP contribution < -0.4 is 0 Å². The lowest BCUT2D eigenvalue weighted by Gasteiger charge is -2.19. The van der Waals surface area contributed by atoms with Gasteiger partial charge in [-0.1, -0.05) is 112 Å². The molecule has 0 N–H and O–H groups in total. The maximum atomic E-state index is 4.49. The zero-order valence-electron chi connectivity index (χ0n) is 18.0. The third-order valence-electron chi connectivity index (χ3n) is 5.53. The van der Waals surface area contributed by atoms with E-state index in [4.69, 9.17) is 0 Å². The maximum absolute atomic E-state index is 4.49. The highest BCUT2D eigenvalue weighted by atomic mass is 32.2. The molecule has 0 nitrogen and oxygen atoms in total. The van der Waals surface area contributed by atoms with Crippen LogP contribution in [0.3, 0.4) is 0 Å². The first-order valence-electron chi connectivity index (χ1n) is 10.4. The van der Waals surface area contributed by atoms with Gasteiger partial charge in [0.15, 0.2) is 0 Å². The van der Waals surface area contributed by atoms with Gasteiger partial charge in [-0.05, 0) is 44.5 Å². The molecule has 0 aromatic heterocycles. The first-order chi connectivity index (χ1) is 14.4. The van der Waals surface area contributed by atoms with Crippen LogP contribution in [0.15, 0.2) is 102 Å². The summed E-state index contributed by atoms with van der Waals surface area (Å²) in [6.07, 6.45) is 0. The Morgan fingerprint density at radius 3 is 2.13 bits per heavy atom. The average Bonchev–Trinajstić information content (AvgIpc) is 2.77. The van der Waals surface area contributed by atoms with Crippen molar-refractivity contribution in [1.82, 2.24) is 0 Å². The number of fused-ring (bicyclic) bond motifs is 1. The van der Waals surface area contributed by atoms with E-state index in [1.165, 1.54) is 37.9 Å². The molecule has 0 bridgehead atoms. The van der Waals surface area contributed by atoms with Crippen molar-refractivity contribution in [1.29, 1.82) is 0 Å². The highest BCUT2D eigenvalue weighted by Gasteiger charge is 2.15. The van der Waals surface area contributed by atoms with Crippen molar-refractivity contribution < 1.29 is 0 Å². The van der Waals surface area contributed by atoms with Crippen LogP contribution in [0, 0.1) is 0 Å². The lowest BCUT2D eigenvalue weighted by Crippen LogP contribution is -2.10. The molecule has 0 heterocycles. The minimum Gasteiger partial charge on any atom is -0.121 e. The average molecular weight is 409 g/mol. The van der Waals surface area contributed by atoms with Gasteiger partial charge >= 0.3 is 0 Å². The number of rotatable bonds is 5. The summed E-state index contributed by atoms with van der Waals surface area (Å²) in [5, 5.41) is 2.52. The lowest BCUT2D eigenvalue weighted by atomic mass is 9.87. The molecule has 0 fully saturated rings. The van der Waals surface area contributed by atoms with Crippen molar-refractivity contribution in [2.24, 2.45) is 0 Å². The van der Waals surface area contributed by atoms with Crippen LogP contribution in [0.5, 0.6) is 0 Å². The number of hydrogen-bond acceptors (Lipinski definition) is 1. The maximum Gasteiger partial charge on any atom is 0.0232 e. The summed E-state index contributed by atoms with van der Waals surface area (Å²) in [5.74, 6) is 0.942. The van der Waals surface area contributed by atoms with Crippen LogP contribution in [-0.2, 0) is 11.2 Å². The van der Waals surface area contributed by atoms with E-state index in [9.17, 15) is 0 Å². The van der Waals surface area contributed by atoms with E-state index in [2.05, 4.69) is 118 Å². The van der Waals surface area contributed by atoms with Gasteiger partial charge in [-0.3, -0.25) is 0 Å². The fraction of sp³-hybridized carbons (Fsp3) is 0.172. The molecular formula is C29H28S. The Morgan fingerprint density at radius 2 is 1.43 bits per heavy atom. The van der Waals surface area contributed by atoms with Crippen molar-refractivity contribution >= 4 is 28.1 Å². The molecule has 4 rings (SSSR count). The van der Waals surface area contributed by atoms with E-state index in [-0.39, 0.29) is 5.41 Å². The molecule has 0 aliphatic carbocycles. The smallest absolute Gasteiger partial charge is 0.0232 e. The summed E-state index contributed by atoms with van der Waals surface area (Å²) in [7, 11) is 0. The van der Waals surface area contributed by atoms with Gasteiger partial charge in [0.05, 0.1) is 0 Å². The number of hydrogen-bond donors (Lipinski definition) is 0. The fourth-order valence-electron chi connectivity index (χ4n) is 3.73. The van der Waals surface area contributed by atoms with E-state index in [1.54, 1.807) is 0 Å². The minimum absolute atomic E-state index is 0.185. The molecule has 0 radical (unpaired) electrons. The third-order valence-corrected chi connectivity index (χ3v) is 6.66. The van der Waals surface area contributed by atoms with E-state index < -0.39 is 0 Å². The molecule has 1 heteroatoms. The Morgan fingerprint density at radius 1 is 0.767 bits per heavy atom. The van der Waals surface area contributed by atoms with E-state index in [0.29, 0.717) is 0 Å². The quantitative estimate of drug-likeness (QED) is 0.298. The van der Waals surface area contributed by atoms with Gasteiger partial charge < -0.3 is 0 Å². The molecule has 0 atom stereocenters. The molecule has 0 saturated carbocycles. The molecule has 0 amide bonds. The van der Waals surface area contributed by atoms with Crippen molar-refractivity contribution in [3.63, 3.8) is 0 Å². The number of benzene rings is 4. The summed E-state index contributed by atoms with van der Waals surface area (Å²) >= 11 is 1.89. The second-order valence-electron chi connectivity index (χ2n) is 8.74. The van der Waals surface area contributed by atoms with Gasteiger partial charge in [-0.2, -0.15) is 0 Å². The van der Waals surface area contributed by atoms with E-state index in [1.807, 2.05) is 11.8 Å². The Kier molecular flexibility index (Phi) is 5.83. The molecule has 30 heavy (non-hydrogen) atoms. The van der Waals surface area contributed by atoms with Crippen molar-refractivity contribution in [3.05, 3.63) is 120 Å². The molecule has 150 valence electrons. The third kappa shape index (κ3) is 4.37. The van der Waals surface area contributed by atoms with Gasteiger partial charge in [-0.25, -0.2) is 0 Å². The van der Waals surface area contributed by atoms with Gasteiger partial charge in [0.25, 0.3) is 0 Å². The molecule has 0 spiro atoms. The highest BCUT2D eigenvalue weighted by Crippen LogP contribution is 2.38. The standard InChI is InChI=1S/C29H28S/c1-21(23-10-6-5-7-11-23)28-26-13-9-8-12-24(26)16-19-27(28)30-20-22-14-17-25(18-15-22)29(2,3)4/h5-19H,1,20H2,2-4H3. The van der Waals surface area contributed by atoms with Crippen molar-refractivity contribution in [3.8, 4) is 0 Å². The second-order valence-corrected chi connectivity index (χ2v) is 9.76. The van der Waals surface area contributed by atoms with Crippen molar-refractivity contribution in [2.75, 3.05) is 0 Å². The summed E-state index contributed by atoms with van der Waals surface area (Å²) < 4.78 is 0. The van der Waals surface area contributed by atoms with Crippen LogP contribution in [0.25, 0.3) is 16.3 Å². The van der Waals surface area contributed by atoms with Crippen LogP contribution >= 0.6 is 11.8 Å². The first kappa shape index (κ1) is 20.5. The van der Waals surface area contributed by atoms with E-state index in [0.717, 1.165) is 11.3 Å². The SMILES string of the molecule is C=C(c1ccccc1)c1c(SCc2ccc(C(C)(C)C)cc2)ccc2ccccc12. The normalized spacial score (nSPS) is 11.6. The van der Waals surface area contributed by atoms with Gasteiger partial charge in [-0.15, -0.1) is 11.8 Å². The van der Waals surface area contributed by atoms with Crippen molar-refractivity contribution in [2.45, 2.75) is 36.8 Å². The Balaban J connectivity index is 1.68. The highest BCUT2D eigenvalue weighted by molar-refractivity contribution is 7.98. The molecule has 4 aromatic rings. The lowest BCUT2D eigenvalue weighted by molar-refractivity contribution is 0.590. The summed E-state index contributed by atoms with van der Waals surface area (Å²) in [4.78, 5) is 1.28. The molecule has 0 unspecified atom stereocenters. The molecule has 0 aliphatic rings. The molecule has 0 aliphatic heterocycles. The summed E-state index contributed by atoms with van der Waals surface area (Å²) in [6, 6.07) is 32.6. The summed E-state index contributed by atoms with van der Waals surface area (Å²) in [6.45, 7) is 11.3. The predicted octanol–water partition coefficient (Wildman–Crippen LogP) is 8.49. The molecule has 0 saturated heterocycles. The van der Waals surface area contributed by atoms with Crippen LogP contribution in [0.1, 0.15) is 43.0 Å². The van der Waals surface area contributed by atoms with Gasteiger partial charge in [0.1, 0.15) is 0 Å². The zero-order valence-corrected chi connectivity index (χ0v) is 18.8. The Bertz CT molecular complexity index is 1160. The minimum atomic E-state index is 0.185. The topological polar surface area (TPSA) is 0 Å². The molecule has 4 aromatic carbocycles. The largest absolute Gasteiger partial charge is 0.121 e. The summed E-state index contributed by atoms with van der Waals surface area (Å²) in [5.41, 5.74) is 6.40. The Labute approximate surface area is 184 Å². The number of thioether (sulfide) groups is 1. The fourth-order valence-corrected chi connectivity index (χ4v) is 4.79. The molecular weight excluding hydrogens is 380 g/mol. The van der Waals surface area contributed by atoms with Gasteiger partial charge in [0.2, 0.25) is 0 Å². The van der Waals surface area contributed by atoms with Gasteiger partial charge in [0, 0.05) is 16.2 Å².